The van der Waals surface area contributed by atoms with Crippen molar-refractivity contribution in [2.45, 2.75) is 58.9 Å². The van der Waals surface area contributed by atoms with E-state index < -0.39 is 0 Å². The van der Waals surface area contributed by atoms with Crippen LogP contribution >= 0.6 is 0 Å². The first-order valence-electron chi connectivity index (χ1n) is 6.57. The van der Waals surface area contributed by atoms with Crippen molar-refractivity contribution in [1.82, 2.24) is 0 Å². The molecule has 0 bridgehead atoms. The fraction of sp³-hybridized carbons (Fsp3) is 0.846. The van der Waals surface area contributed by atoms with Gasteiger partial charge >= 0.3 is 0 Å². The molecule has 0 heterocycles. The average molecular weight is 241 g/mol. The number of unbranched alkanes of at least 4 members (excludes halogenated alkanes) is 1. The lowest BCUT2D eigenvalue weighted by molar-refractivity contribution is -0.123. The van der Waals surface area contributed by atoms with Gasteiger partial charge in [-0.1, -0.05) is 27.2 Å². The van der Waals surface area contributed by atoms with E-state index in [1.165, 1.54) is 0 Å². The van der Waals surface area contributed by atoms with Crippen molar-refractivity contribution in [2.24, 2.45) is 22.4 Å². The first kappa shape index (κ1) is 16.1. The van der Waals surface area contributed by atoms with E-state index in [4.69, 9.17) is 11.5 Å². The van der Waals surface area contributed by atoms with E-state index in [-0.39, 0.29) is 17.7 Å². The Balaban J connectivity index is 3.73. The molecule has 1 unspecified atom stereocenters. The summed E-state index contributed by atoms with van der Waals surface area (Å²) < 4.78 is 0. The van der Waals surface area contributed by atoms with E-state index in [0.717, 1.165) is 31.5 Å². The van der Waals surface area contributed by atoms with Gasteiger partial charge in [-0.05, 0) is 19.3 Å². The average Bonchev–Trinajstić information content (AvgIpc) is 2.30. The molecule has 0 saturated heterocycles. The number of hydrogen-bond donors (Lipinski definition) is 2. The Kier molecular flexibility index (Phi) is 8.68. The van der Waals surface area contributed by atoms with Gasteiger partial charge in [0.25, 0.3) is 0 Å². The van der Waals surface area contributed by atoms with E-state index >= 15 is 0 Å². The zero-order chi connectivity index (χ0) is 13.3. The van der Waals surface area contributed by atoms with Crippen molar-refractivity contribution >= 4 is 11.6 Å². The van der Waals surface area contributed by atoms with Crippen LogP contribution in [0.2, 0.25) is 0 Å². The first-order chi connectivity index (χ1) is 7.99. The van der Waals surface area contributed by atoms with Crippen LogP contribution in [0.15, 0.2) is 4.99 Å². The zero-order valence-corrected chi connectivity index (χ0v) is 11.4. The van der Waals surface area contributed by atoms with Crippen LogP contribution in [0.25, 0.3) is 0 Å². The van der Waals surface area contributed by atoms with E-state index in [2.05, 4.69) is 11.9 Å². The number of amidine groups is 1. The Morgan fingerprint density at radius 2 is 1.94 bits per heavy atom. The molecule has 0 radical (unpaired) electrons. The summed E-state index contributed by atoms with van der Waals surface area (Å²) in [6, 6.07) is -0.345. The molecule has 100 valence electrons. The number of carbonyl (C=O) groups excluding carboxylic acids is 1. The van der Waals surface area contributed by atoms with E-state index in [1.54, 1.807) is 0 Å². The van der Waals surface area contributed by atoms with Gasteiger partial charge in [-0.15, -0.1) is 0 Å². The normalized spacial score (nSPS) is 14.1. The van der Waals surface area contributed by atoms with Gasteiger partial charge in [-0.3, -0.25) is 9.79 Å². The van der Waals surface area contributed by atoms with Crippen LogP contribution < -0.4 is 11.5 Å². The molecule has 4 heteroatoms. The summed E-state index contributed by atoms with van der Waals surface area (Å²) in [7, 11) is 0. The highest BCUT2D eigenvalue weighted by molar-refractivity contribution is 5.85. The summed E-state index contributed by atoms with van der Waals surface area (Å²) in [5.41, 5.74) is 11.5. The highest BCUT2D eigenvalue weighted by Gasteiger charge is 2.15. The van der Waals surface area contributed by atoms with Crippen LogP contribution in [0.3, 0.4) is 0 Å². The van der Waals surface area contributed by atoms with Crippen LogP contribution in [0.1, 0.15) is 52.9 Å². The van der Waals surface area contributed by atoms with Crippen LogP contribution in [0.4, 0.5) is 0 Å². The van der Waals surface area contributed by atoms with Gasteiger partial charge in [-0.25, -0.2) is 0 Å². The Labute approximate surface area is 105 Å². The second-order valence-corrected chi connectivity index (χ2v) is 4.78. The van der Waals surface area contributed by atoms with E-state index in [1.807, 2.05) is 13.8 Å². The summed E-state index contributed by atoms with van der Waals surface area (Å²) >= 11 is 0. The molecule has 17 heavy (non-hydrogen) atoms. The van der Waals surface area contributed by atoms with Crippen molar-refractivity contribution in [3.05, 3.63) is 0 Å². The molecule has 0 fully saturated rings. The third-order valence-electron chi connectivity index (χ3n) is 2.71. The van der Waals surface area contributed by atoms with E-state index in [0.29, 0.717) is 13.0 Å². The van der Waals surface area contributed by atoms with Gasteiger partial charge in [0.15, 0.2) is 5.78 Å². The number of hydrogen-bond acceptors (Lipinski definition) is 3. The van der Waals surface area contributed by atoms with Gasteiger partial charge in [0.1, 0.15) is 0 Å². The fourth-order valence-corrected chi connectivity index (χ4v) is 1.54. The standard InChI is InChI=1S/C13H27N3O/c1-4-5-8-12(15)16-9-6-7-11(14)13(17)10(2)3/h10-11H,4-9,14H2,1-3H3,(H2,15,16). The van der Waals surface area contributed by atoms with Gasteiger partial charge in [0.2, 0.25) is 0 Å². The lowest BCUT2D eigenvalue weighted by atomic mass is 9.99. The van der Waals surface area contributed by atoms with Crippen LogP contribution in [-0.2, 0) is 4.79 Å². The number of nitrogens with two attached hydrogens (primary N) is 2. The topological polar surface area (TPSA) is 81.5 Å². The van der Waals surface area contributed by atoms with Crippen molar-refractivity contribution in [1.29, 1.82) is 0 Å². The lowest BCUT2D eigenvalue weighted by Crippen LogP contribution is -2.33. The SMILES string of the molecule is CCCCC(N)=NCCCC(N)C(=O)C(C)C. The molecule has 0 spiro atoms. The minimum atomic E-state index is -0.345. The largest absolute Gasteiger partial charge is 0.387 e. The quantitative estimate of drug-likeness (QED) is 0.367. The molecule has 1 atom stereocenters. The second kappa shape index (κ2) is 9.16. The summed E-state index contributed by atoms with van der Waals surface area (Å²) in [5.74, 6) is 0.867. The molecular formula is C13H27N3O. The lowest BCUT2D eigenvalue weighted by Gasteiger charge is -2.12. The van der Waals surface area contributed by atoms with Gasteiger partial charge in [0.05, 0.1) is 11.9 Å². The molecule has 0 aliphatic rings. The predicted molar refractivity (Wildman–Crippen MR) is 73.1 cm³/mol. The zero-order valence-electron chi connectivity index (χ0n) is 11.4. The number of aliphatic imine (C=N–C) groups is 1. The summed E-state index contributed by atoms with van der Waals surface area (Å²) in [5, 5.41) is 0. The maximum atomic E-state index is 11.5. The minimum Gasteiger partial charge on any atom is -0.387 e. The summed E-state index contributed by atoms with van der Waals surface area (Å²) in [6.45, 7) is 6.56. The number of nitrogens with zero attached hydrogens (tertiary/aromatic N) is 1. The van der Waals surface area contributed by atoms with Crippen LogP contribution in [-0.4, -0.2) is 24.2 Å². The van der Waals surface area contributed by atoms with E-state index in [9.17, 15) is 4.79 Å². The minimum absolute atomic E-state index is 0.0168. The highest BCUT2D eigenvalue weighted by Crippen LogP contribution is 2.04. The number of rotatable bonds is 9. The molecule has 0 rings (SSSR count). The smallest absolute Gasteiger partial charge is 0.152 e. The fourth-order valence-electron chi connectivity index (χ4n) is 1.54. The third-order valence-corrected chi connectivity index (χ3v) is 2.71. The molecule has 0 aromatic heterocycles. The Hall–Kier alpha value is -0.900. The molecule has 0 aromatic carbocycles. The Morgan fingerprint density at radius 1 is 1.29 bits per heavy atom. The van der Waals surface area contributed by atoms with Crippen molar-refractivity contribution < 1.29 is 4.79 Å². The highest BCUT2D eigenvalue weighted by atomic mass is 16.1. The van der Waals surface area contributed by atoms with Crippen LogP contribution in [0, 0.1) is 5.92 Å². The van der Waals surface area contributed by atoms with Gasteiger partial charge < -0.3 is 11.5 Å². The van der Waals surface area contributed by atoms with Crippen molar-refractivity contribution in [3.63, 3.8) is 0 Å². The first-order valence-corrected chi connectivity index (χ1v) is 6.57. The summed E-state index contributed by atoms with van der Waals surface area (Å²) in [4.78, 5) is 15.8. The number of Topliss-reactive ketones (excluding diaryl/α,β-unsaturated/α-hetero) is 1. The molecule has 0 aromatic rings. The molecule has 0 saturated carbocycles. The van der Waals surface area contributed by atoms with Gasteiger partial charge in [0, 0.05) is 18.9 Å². The molecule has 0 amide bonds. The number of carbonyl (C=O) groups is 1. The third kappa shape index (κ3) is 7.91. The Bertz CT molecular complexity index is 249. The second-order valence-electron chi connectivity index (χ2n) is 4.78. The van der Waals surface area contributed by atoms with Gasteiger partial charge in [-0.2, -0.15) is 0 Å². The molecule has 4 N–H and O–H groups in total. The molecular weight excluding hydrogens is 214 g/mol. The van der Waals surface area contributed by atoms with Crippen molar-refractivity contribution in [2.75, 3.05) is 6.54 Å². The number of ketones is 1. The van der Waals surface area contributed by atoms with Crippen molar-refractivity contribution in [3.8, 4) is 0 Å². The molecule has 0 aliphatic heterocycles. The summed E-state index contributed by atoms with van der Waals surface area (Å²) in [6.07, 6.45) is 4.60. The molecule has 4 nitrogen and oxygen atoms in total. The molecule has 0 aliphatic carbocycles. The monoisotopic (exact) mass is 241 g/mol. The predicted octanol–water partition coefficient (Wildman–Crippen LogP) is 1.87. The van der Waals surface area contributed by atoms with Crippen LogP contribution in [0.5, 0.6) is 0 Å². The maximum Gasteiger partial charge on any atom is 0.152 e. The maximum absolute atomic E-state index is 11.5. The Morgan fingerprint density at radius 3 is 2.47 bits per heavy atom.